The Hall–Kier alpha value is -1.63. The third kappa shape index (κ3) is 6.65. The Labute approximate surface area is 155 Å². The van der Waals surface area contributed by atoms with Gasteiger partial charge in [0.25, 0.3) is 0 Å². The number of nitrogens with one attached hydrogen (secondary N) is 1. The van der Waals surface area contributed by atoms with Crippen molar-refractivity contribution in [2.75, 3.05) is 20.2 Å². The van der Waals surface area contributed by atoms with Gasteiger partial charge in [-0.1, -0.05) is 34.6 Å². The first kappa shape index (κ1) is 21.4. The van der Waals surface area contributed by atoms with Crippen LogP contribution < -0.4 is 5.32 Å². The number of thiazole rings is 1. The van der Waals surface area contributed by atoms with Gasteiger partial charge in [0, 0.05) is 30.8 Å². The van der Waals surface area contributed by atoms with Gasteiger partial charge in [-0.2, -0.15) is 0 Å². The van der Waals surface area contributed by atoms with E-state index in [4.69, 9.17) is 4.74 Å². The number of ether oxygens (including phenoxy) is 1. The number of carbonyl (C=O) groups is 2. The summed E-state index contributed by atoms with van der Waals surface area (Å²) in [6.45, 7) is 11.3. The maximum absolute atomic E-state index is 12.6. The monoisotopic (exact) mass is 369 g/mol. The molecule has 1 aromatic rings. The predicted octanol–water partition coefficient (Wildman–Crippen LogP) is 3.43. The van der Waals surface area contributed by atoms with Gasteiger partial charge >= 0.3 is 12.0 Å². The zero-order valence-electron chi connectivity index (χ0n) is 16.2. The molecule has 1 atom stereocenters. The molecule has 6 nitrogen and oxygen atoms in total. The summed E-state index contributed by atoms with van der Waals surface area (Å²) in [4.78, 5) is 30.8. The third-order valence-corrected chi connectivity index (χ3v) is 5.08. The second kappa shape index (κ2) is 10.4. The maximum Gasteiger partial charge on any atom is 0.328 e. The Morgan fingerprint density at radius 3 is 2.44 bits per heavy atom. The van der Waals surface area contributed by atoms with E-state index in [-0.39, 0.29) is 11.9 Å². The van der Waals surface area contributed by atoms with Crippen molar-refractivity contribution in [2.24, 2.45) is 5.92 Å². The van der Waals surface area contributed by atoms with Gasteiger partial charge in [0.2, 0.25) is 0 Å². The first-order valence-electron chi connectivity index (χ1n) is 8.87. The van der Waals surface area contributed by atoms with Crippen LogP contribution in [-0.2, 0) is 16.0 Å². The molecule has 0 aliphatic rings. The molecule has 0 aliphatic carbocycles. The lowest BCUT2D eigenvalue weighted by atomic mass is 10.1. The Morgan fingerprint density at radius 2 is 1.96 bits per heavy atom. The highest BCUT2D eigenvalue weighted by Gasteiger charge is 2.27. The van der Waals surface area contributed by atoms with Crippen LogP contribution in [0, 0.1) is 5.92 Å². The number of hydrogen-bond donors (Lipinski definition) is 1. The summed E-state index contributed by atoms with van der Waals surface area (Å²) in [5.74, 6) is -0.0338. The Balaban J connectivity index is 2.70. The van der Waals surface area contributed by atoms with Crippen molar-refractivity contribution in [2.45, 2.75) is 59.4 Å². The quantitative estimate of drug-likeness (QED) is 0.677. The fraction of sp³-hybridized carbons (Fsp3) is 0.722. The van der Waals surface area contributed by atoms with Crippen LogP contribution in [0.5, 0.6) is 0 Å². The van der Waals surface area contributed by atoms with E-state index >= 15 is 0 Å². The Bertz CT molecular complexity index is 558. The number of carbonyl (C=O) groups excluding carboxylic acids is 2. The average molecular weight is 370 g/mol. The molecule has 0 saturated heterocycles. The van der Waals surface area contributed by atoms with Crippen LogP contribution in [0.4, 0.5) is 4.79 Å². The summed E-state index contributed by atoms with van der Waals surface area (Å²) in [5.41, 5.74) is 1.01. The first-order valence-corrected chi connectivity index (χ1v) is 9.75. The standard InChI is InChI=1S/C18H31N3O3S/c1-7-9-21(10-8-14-11-25-16(19-14)13(4)5)18(23)20-15(12(2)3)17(22)24-6/h11-13,15H,7-10H2,1-6H3,(H,20,23)/t15-/m0/s1. The number of amides is 2. The lowest BCUT2D eigenvalue weighted by Crippen LogP contribution is -2.51. The van der Waals surface area contributed by atoms with Crippen molar-refractivity contribution >= 4 is 23.3 Å². The second-order valence-corrected chi connectivity index (χ2v) is 7.65. The Morgan fingerprint density at radius 1 is 1.28 bits per heavy atom. The Kier molecular flexibility index (Phi) is 8.89. The molecular formula is C18H31N3O3S. The van der Waals surface area contributed by atoms with Crippen molar-refractivity contribution in [1.29, 1.82) is 0 Å². The molecule has 0 fully saturated rings. The number of methoxy groups -OCH3 is 1. The molecule has 1 aromatic heterocycles. The smallest absolute Gasteiger partial charge is 0.328 e. The van der Waals surface area contributed by atoms with E-state index in [1.54, 1.807) is 16.2 Å². The minimum Gasteiger partial charge on any atom is -0.467 e. The van der Waals surface area contributed by atoms with Crippen LogP contribution in [0.25, 0.3) is 0 Å². The van der Waals surface area contributed by atoms with E-state index in [1.807, 2.05) is 20.8 Å². The van der Waals surface area contributed by atoms with Crippen molar-refractivity contribution in [3.63, 3.8) is 0 Å². The van der Waals surface area contributed by atoms with E-state index in [2.05, 4.69) is 29.5 Å². The molecule has 0 aliphatic heterocycles. The van der Waals surface area contributed by atoms with Gasteiger partial charge in [0.05, 0.1) is 17.8 Å². The molecule has 0 spiro atoms. The molecule has 0 unspecified atom stereocenters. The first-order chi connectivity index (χ1) is 11.8. The van der Waals surface area contributed by atoms with Crippen molar-refractivity contribution in [3.05, 3.63) is 16.1 Å². The van der Waals surface area contributed by atoms with Crippen molar-refractivity contribution in [3.8, 4) is 0 Å². The number of hydrogen-bond acceptors (Lipinski definition) is 5. The summed E-state index contributed by atoms with van der Waals surface area (Å²) in [7, 11) is 1.34. The number of esters is 1. The lowest BCUT2D eigenvalue weighted by molar-refractivity contribution is -0.144. The molecule has 0 saturated carbocycles. The zero-order valence-corrected chi connectivity index (χ0v) is 17.0. The molecule has 1 heterocycles. The fourth-order valence-electron chi connectivity index (χ4n) is 2.39. The minimum absolute atomic E-state index is 0.0352. The highest BCUT2D eigenvalue weighted by molar-refractivity contribution is 7.09. The van der Waals surface area contributed by atoms with E-state index in [9.17, 15) is 9.59 Å². The van der Waals surface area contributed by atoms with E-state index in [1.165, 1.54) is 7.11 Å². The number of urea groups is 1. The highest BCUT2D eigenvalue weighted by atomic mass is 32.1. The molecule has 7 heteroatoms. The largest absolute Gasteiger partial charge is 0.467 e. The minimum atomic E-state index is -0.635. The third-order valence-electron chi connectivity index (χ3n) is 3.88. The molecule has 142 valence electrons. The number of nitrogens with zero attached hydrogens (tertiary/aromatic N) is 2. The normalized spacial score (nSPS) is 12.3. The van der Waals surface area contributed by atoms with Crippen LogP contribution in [-0.4, -0.2) is 48.1 Å². The van der Waals surface area contributed by atoms with Gasteiger partial charge in [-0.25, -0.2) is 14.6 Å². The molecule has 1 N–H and O–H groups in total. The summed E-state index contributed by atoms with van der Waals surface area (Å²) in [6.07, 6.45) is 1.56. The van der Waals surface area contributed by atoms with Gasteiger partial charge in [-0.15, -0.1) is 11.3 Å². The zero-order chi connectivity index (χ0) is 19.0. The maximum atomic E-state index is 12.6. The van der Waals surface area contributed by atoms with E-state index in [0.29, 0.717) is 25.4 Å². The molecule has 0 bridgehead atoms. The number of rotatable bonds is 9. The van der Waals surface area contributed by atoms with E-state index in [0.717, 1.165) is 17.1 Å². The lowest BCUT2D eigenvalue weighted by Gasteiger charge is -2.26. The number of aromatic nitrogens is 1. The van der Waals surface area contributed by atoms with Crippen LogP contribution in [0.2, 0.25) is 0 Å². The fourth-order valence-corrected chi connectivity index (χ4v) is 3.26. The summed E-state index contributed by atoms with van der Waals surface area (Å²) in [5, 5.41) is 5.98. The molecule has 2 amide bonds. The van der Waals surface area contributed by atoms with Crippen LogP contribution >= 0.6 is 11.3 Å². The summed E-state index contributed by atoms with van der Waals surface area (Å²) in [6, 6.07) is -0.867. The molecule has 25 heavy (non-hydrogen) atoms. The molecule has 0 radical (unpaired) electrons. The van der Waals surface area contributed by atoms with Gasteiger partial charge in [0.15, 0.2) is 0 Å². The molecule has 0 aromatic carbocycles. The summed E-state index contributed by atoms with van der Waals surface area (Å²) < 4.78 is 4.79. The molecule has 1 rings (SSSR count). The summed E-state index contributed by atoms with van der Waals surface area (Å²) >= 11 is 1.66. The van der Waals surface area contributed by atoms with E-state index < -0.39 is 12.0 Å². The van der Waals surface area contributed by atoms with Gasteiger partial charge in [0.1, 0.15) is 6.04 Å². The van der Waals surface area contributed by atoms with Gasteiger partial charge in [-0.05, 0) is 12.3 Å². The van der Waals surface area contributed by atoms with Crippen molar-refractivity contribution < 1.29 is 14.3 Å². The SMILES string of the molecule is CCCN(CCc1csc(C(C)C)n1)C(=O)N[C@H](C(=O)OC)C(C)C. The van der Waals surface area contributed by atoms with Gasteiger partial charge in [-0.3, -0.25) is 0 Å². The average Bonchev–Trinajstić information content (AvgIpc) is 3.04. The molecular weight excluding hydrogens is 338 g/mol. The topological polar surface area (TPSA) is 71.5 Å². The highest BCUT2D eigenvalue weighted by Crippen LogP contribution is 2.19. The second-order valence-electron chi connectivity index (χ2n) is 6.76. The van der Waals surface area contributed by atoms with Crippen LogP contribution in [0.15, 0.2) is 5.38 Å². The predicted molar refractivity (Wildman–Crippen MR) is 101 cm³/mol. The van der Waals surface area contributed by atoms with Crippen molar-refractivity contribution in [1.82, 2.24) is 15.2 Å². The van der Waals surface area contributed by atoms with Gasteiger partial charge < -0.3 is 15.0 Å². The van der Waals surface area contributed by atoms with Crippen LogP contribution in [0.3, 0.4) is 0 Å². The van der Waals surface area contributed by atoms with Crippen LogP contribution in [0.1, 0.15) is 57.7 Å².